The highest BCUT2D eigenvalue weighted by Crippen LogP contribution is 2.24. The standard InChI is InChI=1S/C16H14BrN3/c1-11-4-2-6-14(20-11)10-18-15-7-3-5-12-8-13(17)9-19-16(12)15/h2-9,18H,10H2,1H3. The highest BCUT2D eigenvalue weighted by atomic mass is 79.9. The van der Waals surface area contributed by atoms with Crippen LogP contribution in [0.1, 0.15) is 11.4 Å². The molecule has 0 atom stereocenters. The Bertz CT molecular complexity index is 756. The van der Waals surface area contributed by atoms with Crippen LogP contribution in [0.25, 0.3) is 10.9 Å². The molecule has 0 saturated carbocycles. The van der Waals surface area contributed by atoms with Crippen LogP contribution >= 0.6 is 15.9 Å². The van der Waals surface area contributed by atoms with Crippen LogP contribution in [0, 0.1) is 6.92 Å². The summed E-state index contributed by atoms with van der Waals surface area (Å²) >= 11 is 3.45. The van der Waals surface area contributed by atoms with Crippen LogP contribution < -0.4 is 5.32 Å². The average molecular weight is 328 g/mol. The maximum Gasteiger partial charge on any atom is 0.0934 e. The van der Waals surface area contributed by atoms with Crippen molar-refractivity contribution < 1.29 is 0 Å². The molecule has 3 nitrogen and oxygen atoms in total. The molecular formula is C16H14BrN3. The van der Waals surface area contributed by atoms with E-state index in [1.807, 2.05) is 43.5 Å². The van der Waals surface area contributed by atoms with Gasteiger partial charge in [-0.25, -0.2) is 0 Å². The highest BCUT2D eigenvalue weighted by molar-refractivity contribution is 9.10. The fourth-order valence-corrected chi connectivity index (χ4v) is 2.51. The third kappa shape index (κ3) is 2.80. The molecule has 0 fully saturated rings. The van der Waals surface area contributed by atoms with E-state index in [0.717, 1.165) is 32.5 Å². The Morgan fingerprint density at radius 3 is 2.85 bits per heavy atom. The van der Waals surface area contributed by atoms with E-state index >= 15 is 0 Å². The molecule has 0 amide bonds. The number of nitrogens with one attached hydrogen (secondary N) is 1. The fourth-order valence-electron chi connectivity index (χ4n) is 2.16. The lowest BCUT2D eigenvalue weighted by Gasteiger charge is -2.09. The van der Waals surface area contributed by atoms with E-state index in [2.05, 4.69) is 43.3 Å². The summed E-state index contributed by atoms with van der Waals surface area (Å²) in [6.07, 6.45) is 1.82. The molecule has 2 aromatic heterocycles. The fraction of sp³-hybridized carbons (Fsp3) is 0.125. The van der Waals surface area contributed by atoms with E-state index in [4.69, 9.17) is 0 Å². The van der Waals surface area contributed by atoms with E-state index in [9.17, 15) is 0 Å². The van der Waals surface area contributed by atoms with Gasteiger partial charge in [-0.3, -0.25) is 9.97 Å². The maximum absolute atomic E-state index is 4.49. The van der Waals surface area contributed by atoms with Crippen LogP contribution in [0.15, 0.2) is 53.1 Å². The second-order valence-electron chi connectivity index (χ2n) is 4.65. The number of benzene rings is 1. The monoisotopic (exact) mass is 327 g/mol. The first-order valence-corrected chi connectivity index (χ1v) is 7.22. The number of halogens is 1. The molecule has 0 spiro atoms. The topological polar surface area (TPSA) is 37.8 Å². The molecule has 2 heterocycles. The number of hydrogen-bond acceptors (Lipinski definition) is 3. The van der Waals surface area contributed by atoms with Crippen molar-refractivity contribution in [1.82, 2.24) is 9.97 Å². The number of rotatable bonds is 3. The van der Waals surface area contributed by atoms with Crippen LogP contribution in [0.5, 0.6) is 0 Å². The summed E-state index contributed by atoms with van der Waals surface area (Å²) in [5.41, 5.74) is 4.06. The summed E-state index contributed by atoms with van der Waals surface area (Å²) in [5, 5.41) is 4.52. The summed E-state index contributed by atoms with van der Waals surface area (Å²) in [4.78, 5) is 8.97. The van der Waals surface area contributed by atoms with E-state index in [-0.39, 0.29) is 0 Å². The molecule has 1 aromatic carbocycles. The van der Waals surface area contributed by atoms with Gasteiger partial charge in [0.2, 0.25) is 0 Å². The number of pyridine rings is 2. The highest BCUT2D eigenvalue weighted by Gasteiger charge is 2.03. The number of aryl methyl sites for hydroxylation is 1. The van der Waals surface area contributed by atoms with Gasteiger partial charge in [-0.1, -0.05) is 18.2 Å². The van der Waals surface area contributed by atoms with Gasteiger partial charge in [-0.15, -0.1) is 0 Å². The third-order valence-corrected chi connectivity index (χ3v) is 3.52. The summed E-state index contributed by atoms with van der Waals surface area (Å²) in [6.45, 7) is 2.69. The van der Waals surface area contributed by atoms with Crippen LogP contribution in [-0.4, -0.2) is 9.97 Å². The van der Waals surface area contributed by atoms with E-state index in [0.29, 0.717) is 6.54 Å². The van der Waals surface area contributed by atoms with Gasteiger partial charge in [0, 0.05) is 21.7 Å². The number of aromatic nitrogens is 2. The van der Waals surface area contributed by atoms with Gasteiger partial charge in [0.1, 0.15) is 0 Å². The molecule has 0 unspecified atom stereocenters. The Kier molecular flexibility index (Phi) is 3.65. The molecule has 1 N–H and O–H groups in total. The van der Waals surface area contributed by atoms with Gasteiger partial charge in [-0.2, -0.15) is 0 Å². The number of para-hydroxylation sites is 1. The Hall–Kier alpha value is -1.94. The van der Waals surface area contributed by atoms with E-state index in [1.165, 1.54) is 0 Å². The Balaban J connectivity index is 1.87. The molecule has 3 aromatic rings. The quantitative estimate of drug-likeness (QED) is 0.778. The first kappa shape index (κ1) is 13.1. The molecule has 0 bridgehead atoms. The Labute approximate surface area is 126 Å². The van der Waals surface area contributed by atoms with Crippen LogP contribution in [0.3, 0.4) is 0 Å². The predicted molar refractivity (Wildman–Crippen MR) is 85.7 cm³/mol. The molecule has 20 heavy (non-hydrogen) atoms. The summed E-state index contributed by atoms with van der Waals surface area (Å²) < 4.78 is 0.988. The zero-order valence-electron chi connectivity index (χ0n) is 11.1. The second kappa shape index (κ2) is 5.59. The number of nitrogens with zero attached hydrogens (tertiary/aromatic N) is 2. The first-order chi connectivity index (χ1) is 9.72. The molecule has 0 saturated heterocycles. The van der Waals surface area contributed by atoms with Crippen molar-refractivity contribution in [2.45, 2.75) is 13.5 Å². The van der Waals surface area contributed by atoms with Crippen LogP contribution in [0.4, 0.5) is 5.69 Å². The van der Waals surface area contributed by atoms with Gasteiger partial charge in [-0.05, 0) is 47.1 Å². The molecule has 4 heteroatoms. The summed E-state index contributed by atoms with van der Waals surface area (Å²) in [5.74, 6) is 0. The predicted octanol–water partition coefficient (Wildman–Crippen LogP) is 4.31. The van der Waals surface area contributed by atoms with Crippen molar-refractivity contribution in [3.05, 3.63) is 64.5 Å². The van der Waals surface area contributed by atoms with E-state index < -0.39 is 0 Å². The van der Waals surface area contributed by atoms with Crippen molar-refractivity contribution in [2.75, 3.05) is 5.32 Å². The minimum Gasteiger partial charge on any atom is -0.378 e. The zero-order chi connectivity index (χ0) is 13.9. The largest absolute Gasteiger partial charge is 0.378 e. The smallest absolute Gasteiger partial charge is 0.0934 e. The Morgan fingerprint density at radius 1 is 1.15 bits per heavy atom. The maximum atomic E-state index is 4.49. The molecule has 0 aliphatic heterocycles. The summed E-state index contributed by atoms with van der Waals surface area (Å²) in [7, 11) is 0. The number of anilines is 1. The van der Waals surface area contributed by atoms with Crippen molar-refractivity contribution in [3.63, 3.8) is 0 Å². The lowest BCUT2D eigenvalue weighted by molar-refractivity contribution is 1.02. The third-order valence-electron chi connectivity index (χ3n) is 3.08. The van der Waals surface area contributed by atoms with Crippen molar-refractivity contribution in [1.29, 1.82) is 0 Å². The molecule has 0 aliphatic rings. The van der Waals surface area contributed by atoms with Gasteiger partial charge in [0.25, 0.3) is 0 Å². The second-order valence-corrected chi connectivity index (χ2v) is 5.57. The molecule has 100 valence electrons. The normalized spacial score (nSPS) is 10.7. The van der Waals surface area contributed by atoms with Crippen LogP contribution in [-0.2, 0) is 6.54 Å². The number of hydrogen-bond donors (Lipinski definition) is 1. The SMILES string of the molecule is Cc1cccc(CNc2cccc3cc(Br)cnc23)n1. The minimum atomic E-state index is 0.693. The molecule has 0 aliphatic carbocycles. The van der Waals surface area contributed by atoms with Gasteiger partial charge < -0.3 is 5.32 Å². The van der Waals surface area contributed by atoms with Crippen LogP contribution in [0.2, 0.25) is 0 Å². The first-order valence-electron chi connectivity index (χ1n) is 6.43. The van der Waals surface area contributed by atoms with Crippen molar-refractivity contribution in [2.24, 2.45) is 0 Å². The minimum absolute atomic E-state index is 0.693. The lowest BCUT2D eigenvalue weighted by Crippen LogP contribution is -2.03. The molecule has 3 rings (SSSR count). The van der Waals surface area contributed by atoms with Gasteiger partial charge >= 0.3 is 0 Å². The zero-order valence-corrected chi connectivity index (χ0v) is 12.7. The average Bonchev–Trinajstić information content (AvgIpc) is 2.44. The van der Waals surface area contributed by atoms with Crippen molar-refractivity contribution in [3.8, 4) is 0 Å². The van der Waals surface area contributed by atoms with Crippen molar-refractivity contribution >= 4 is 32.5 Å². The van der Waals surface area contributed by atoms with E-state index in [1.54, 1.807) is 0 Å². The van der Waals surface area contributed by atoms with Gasteiger partial charge in [0.15, 0.2) is 0 Å². The van der Waals surface area contributed by atoms with Gasteiger partial charge in [0.05, 0.1) is 23.4 Å². The molecular weight excluding hydrogens is 314 g/mol. The Morgan fingerprint density at radius 2 is 2.00 bits per heavy atom. The molecule has 0 radical (unpaired) electrons. The number of fused-ring (bicyclic) bond motifs is 1. The summed E-state index contributed by atoms with van der Waals surface area (Å²) in [6, 6.07) is 14.2. The lowest BCUT2D eigenvalue weighted by atomic mass is 10.2.